The molecule has 0 radical (unpaired) electrons. The van der Waals surface area contributed by atoms with Gasteiger partial charge in [-0.05, 0) is 38.8 Å². The van der Waals surface area contributed by atoms with Gasteiger partial charge in [-0.3, -0.25) is 0 Å². The summed E-state index contributed by atoms with van der Waals surface area (Å²) in [4.78, 5) is 16.5. The summed E-state index contributed by atoms with van der Waals surface area (Å²) in [6.07, 6.45) is 5.93. The van der Waals surface area contributed by atoms with Crippen molar-refractivity contribution < 1.29 is 4.79 Å². The van der Waals surface area contributed by atoms with Crippen LogP contribution in [0.2, 0.25) is 0 Å². The number of hydrogen-bond donors (Lipinski definition) is 0. The lowest BCUT2D eigenvalue weighted by atomic mass is 9.70. The minimum atomic E-state index is -0.0845. The topological polar surface area (TPSA) is 23.6 Å². The summed E-state index contributed by atoms with van der Waals surface area (Å²) < 4.78 is 0. The number of carbonyl (C=O) groups excluding carboxylic acids is 1. The quantitative estimate of drug-likeness (QED) is 0.640. The fourth-order valence-electron chi connectivity index (χ4n) is 3.53. The Morgan fingerprint density at radius 3 is 2.50 bits per heavy atom. The molecule has 20 heavy (non-hydrogen) atoms. The molecule has 1 rings (SSSR count). The Hall–Kier alpha value is -0.410. The highest BCUT2D eigenvalue weighted by molar-refractivity contribution is 5.60. The van der Waals surface area contributed by atoms with Crippen LogP contribution in [0.15, 0.2) is 0 Å². The maximum Gasteiger partial charge on any atom is 0.127 e. The van der Waals surface area contributed by atoms with Gasteiger partial charge < -0.3 is 14.6 Å². The van der Waals surface area contributed by atoms with E-state index in [0.29, 0.717) is 11.8 Å². The van der Waals surface area contributed by atoms with Gasteiger partial charge >= 0.3 is 0 Å². The standard InChI is InChI=1S/C17H34N2O/c1-15(2)12-19(10-9-18(4)5)13-17(14-20)8-6-7-16(3)11-17/h14-16H,6-13H2,1-5H3. The third kappa shape index (κ3) is 5.92. The van der Waals surface area contributed by atoms with Gasteiger partial charge in [-0.1, -0.05) is 33.6 Å². The molecule has 1 aliphatic rings. The largest absolute Gasteiger partial charge is 0.308 e. The van der Waals surface area contributed by atoms with Crippen molar-refractivity contribution in [2.75, 3.05) is 40.3 Å². The summed E-state index contributed by atoms with van der Waals surface area (Å²) >= 11 is 0. The van der Waals surface area contributed by atoms with E-state index in [9.17, 15) is 4.79 Å². The van der Waals surface area contributed by atoms with E-state index in [1.165, 1.54) is 19.1 Å². The van der Waals surface area contributed by atoms with Crippen molar-refractivity contribution in [3.05, 3.63) is 0 Å². The van der Waals surface area contributed by atoms with E-state index < -0.39 is 0 Å². The molecule has 0 saturated heterocycles. The van der Waals surface area contributed by atoms with Crippen LogP contribution in [0.5, 0.6) is 0 Å². The summed E-state index contributed by atoms with van der Waals surface area (Å²) in [5, 5.41) is 0. The zero-order chi connectivity index (χ0) is 15.2. The Morgan fingerprint density at radius 1 is 1.30 bits per heavy atom. The van der Waals surface area contributed by atoms with Crippen molar-refractivity contribution in [3.63, 3.8) is 0 Å². The first-order chi connectivity index (χ1) is 9.37. The molecule has 2 atom stereocenters. The van der Waals surface area contributed by atoms with Gasteiger partial charge in [0.25, 0.3) is 0 Å². The number of likely N-dealkylation sites (N-methyl/N-ethyl adjacent to an activating group) is 1. The van der Waals surface area contributed by atoms with E-state index in [4.69, 9.17) is 0 Å². The van der Waals surface area contributed by atoms with Gasteiger partial charge in [-0.15, -0.1) is 0 Å². The molecule has 1 fully saturated rings. The van der Waals surface area contributed by atoms with Gasteiger partial charge in [0, 0.05) is 31.6 Å². The second-order valence-electron chi connectivity index (χ2n) is 7.61. The van der Waals surface area contributed by atoms with Crippen molar-refractivity contribution in [1.29, 1.82) is 0 Å². The Labute approximate surface area is 125 Å². The molecular formula is C17H34N2O. The molecule has 1 saturated carbocycles. The maximum atomic E-state index is 11.7. The van der Waals surface area contributed by atoms with Crippen LogP contribution >= 0.6 is 0 Å². The molecule has 0 bridgehead atoms. The van der Waals surface area contributed by atoms with Gasteiger partial charge in [0.15, 0.2) is 0 Å². The lowest BCUT2D eigenvalue weighted by Gasteiger charge is -2.40. The predicted octanol–water partition coefficient (Wildman–Crippen LogP) is 2.90. The van der Waals surface area contributed by atoms with Crippen molar-refractivity contribution in [1.82, 2.24) is 9.80 Å². The summed E-state index contributed by atoms with van der Waals surface area (Å²) in [6.45, 7) is 11.0. The van der Waals surface area contributed by atoms with Crippen molar-refractivity contribution >= 4 is 6.29 Å². The van der Waals surface area contributed by atoms with Gasteiger partial charge in [0.2, 0.25) is 0 Å². The minimum absolute atomic E-state index is 0.0845. The average Bonchev–Trinajstić information content (AvgIpc) is 2.35. The van der Waals surface area contributed by atoms with E-state index in [1.807, 2.05) is 0 Å². The van der Waals surface area contributed by atoms with E-state index in [2.05, 4.69) is 44.7 Å². The third-order valence-electron chi connectivity index (χ3n) is 4.40. The molecule has 0 aromatic heterocycles. The van der Waals surface area contributed by atoms with E-state index in [1.54, 1.807) is 0 Å². The van der Waals surface area contributed by atoms with Crippen LogP contribution in [0, 0.1) is 17.3 Å². The predicted molar refractivity (Wildman–Crippen MR) is 86.0 cm³/mol. The Morgan fingerprint density at radius 2 is 2.00 bits per heavy atom. The molecule has 0 aromatic rings. The van der Waals surface area contributed by atoms with Crippen molar-refractivity contribution in [2.24, 2.45) is 17.3 Å². The first kappa shape index (κ1) is 17.6. The molecule has 2 unspecified atom stereocenters. The molecular weight excluding hydrogens is 248 g/mol. The Bertz CT molecular complexity index is 291. The van der Waals surface area contributed by atoms with Gasteiger partial charge in [-0.2, -0.15) is 0 Å². The van der Waals surface area contributed by atoms with Crippen molar-refractivity contribution in [2.45, 2.75) is 46.5 Å². The Balaban J connectivity index is 2.66. The lowest BCUT2D eigenvalue weighted by molar-refractivity contribution is -0.120. The van der Waals surface area contributed by atoms with Gasteiger partial charge in [-0.25, -0.2) is 0 Å². The highest BCUT2D eigenvalue weighted by Gasteiger charge is 2.36. The van der Waals surface area contributed by atoms with Crippen LogP contribution in [0.25, 0.3) is 0 Å². The van der Waals surface area contributed by atoms with Crippen LogP contribution in [0.4, 0.5) is 0 Å². The molecule has 0 spiro atoms. The van der Waals surface area contributed by atoms with Gasteiger partial charge in [0.1, 0.15) is 6.29 Å². The summed E-state index contributed by atoms with van der Waals surface area (Å²) in [7, 11) is 4.23. The highest BCUT2D eigenvalue weighted by Crippen LogP contribution is 2.38. The fourth-order valence-corrected chi connectivity index (χ4v) is 3.53. The van der Waals surface area contributed by atoms with E-state index in [-0.39, 0.29) is 5.41 Å². The molecule has 0 aliphatic heterocycles. The monoisotopic (exact) mass is 282 g/mol. The van der Waals surface area contributed by atoms with E-state index >= 15 is 0 Å². The van der Waals surface area contributed by atoms with Crippen LogP contribution in [0.1, 0.15) is 46.5 Å². The van der Waals surface area contributed by atoms with Crippen LogP contribution in [-0.2, 0) is 4.79 Å². The van der Waals surface area contributed by atoms with Crippen LogP contribution in [-0.4, -0.2) is 56.4 Å². The van der Waals surface area contributed by atoms with Crippen LogP contribution < -0.4 is 0 Å². The van der Waals surface area contributed by atoms with E-state index in [0.717, 1.165) is 39.0 Å². The first-order valence-corrected chi connectivity index (χ1v) is 8.20. The van der Waals surface area contributed by atoms with Crippen LogP contribution in [0.3, 0.4) is 0 Å². The number of hydrogen-bond acceptors (Lipinski definition) is 3. The highest BCUT2D eigenvalue weighted by atomic mass is 16.1. The summed E-state index contributed by atoms with van der Waals surface area (Å²) in [5.74, 6) is 1.35. The minimum Gasteiger partial charge on any atom is -0.308 e. The van der Waals surface area contributed by atoms with Gasteiger partial charge in [0.05, 0.1) is 0 Å². The number of aldehydes is 1. The number of rotatable bonds is 8. The lowest BCUT2D eigenvalue weighted by Crippen LogP contribution is -2.45. The molecule has 3 heteroatoms. The Kier molecular flexibility index (Phi) is 7.18. The number of nitrogens with zero attached hydrogens (tertiary/aromatic N) is 2. The molecule has 0 N–H and O–H groups in total. The SMILES string of the molecule is CC(C)CN(CCN(C)C)CC1(C=O)CCCC(C)C1. The maximum absolute atomic E-state index is 11.7. The van der Waals surface area contributed by atoms with Crippen molar-refractivity contribution in [3.8, 4) is 0 Å². The molecule has 3 nitrogen and oxygen atoms in total. The second-order valence-corrected chi connectivity index (χ2v) is 7.61. The molecule has 1 aliphatic carbocycles. The molecule has 118 valence electrons. The zero-order valence-corrected chi connectivity index (χ0v) is 14.2. The fraction of sp³-hybridized carbons (Fsp3) is 0.941. The summed E-state index contributed by atoms with van der Waals surface area (Å²) in [5.41, 5.74) is -0.0845. The normalized spacial score (nSPS) is 27.5. The average molecular weight is 282 g/mol. The summed E-state index contributed by atoms with van der Waals surface area (Å²) in [6, 6.07) is 0. The third-order valence-corrected chi connectivity index (χ3v) is 4.40. The smallest absolute Gasteiger partial charge is 0.127 e. The first-order valence-electron chi connectivity index (χ1n) is 8.20. The second kappa shape index (κ2) is 8.14. The molecule has 0 heterocycles. The zero-order valence-electron chi connectivity index (χ0n) is 14.2. The molecule has 0 amide bonds. The molecule has 0 aromatic carbocycles. The number of carbonyl (C=O) groups is 1.